The number of guanidine groups is 1. The molecule has 5 heteroatoms. The highest BCUT2D eigenvalue weighted by molar-refractivity contribution is 5.79. The molecule has 0 saturated heterocycles. The Labute approximate surface area is 124 Å². The van der Waals surface area contributed by atoms with Crippen molar-refractivity contribution in [1.29, 1.82) is 0 Å². The summed E-state index contributed by atoms with van der Waals surface area (Å²) in [7, 11) is 1.71. The van der Waals surface area contributed by atoms with E-state index in [9.17, 15) is 8.78 Å². The zero-order valence-electron chi connectivity index (χ0n) is 12.5. The number of nitrogens with one attached hydrogen (secondary N) is 2. The van der Waals surface area contributed by atoms with Crippen LogP contribution in [0.25, 0.3) is 0 Å². The van der Waals surface area contributed by atoms with E-state index in [0.717, 1.165) is 12.8 Å². The van der Waals surface area contributed by atoms with Crippen LogP contribution in [-0.2, 0) is 6.42 Å². The Morgan fingerprint density at radius 2 is 1.86 bits per heavy atom. The molecular formula is C16H23F2N3. The number of rotatable bonds is 4. The molecule has 1 saturated carbocycles. The standard InChI is InChI=1S/C16H23F2N3/c1-19-16(21-12-6-3-2-4-7-12)20-11-10-13-14(17)8-5-9-15(13)18/h5,8-9,12H,2-4,6-7,10-11H2,1H3,(H2,19,20,21). The van der Waals surface area contributed by atoms with Crippen LogP contribution in [0.2, 0.25) is 0 Å². The predicted octanol–water partition coefficient (Wildman–Crippen LogP) is 3.01. The van der Waals surface area contributed by atoms with Gasteiger partial charge in [-0.05, 0) is 31.4 Å². The second-order valence-corrected chi connectivity index (χ2v) is 5.43. The molecule has 0 aromatic heterocycles. The molecule has 0 atom stereocenters. The van der Waals surface area contributed by atoms with Crippen LogP contribution in [0.1, 0.15) is 37.7 Å². The number of halogens is 2. The van der Waals surface area contributed by atoms with Gasteiger partial charge in [-0.1, -0.05) is 25.3 Å². The monoisotopic (exact) mass is 295 g/mol. The van der Waals surface area contributed by atoms with Gasteiger partial charge >= 0.3 is 0 Å². The first-order valence-corrected chi connectivity index (χ1v) is 7.61. The molecule has 1 aromatic carbocycles. The SMILES string of the molecule is CN=C(NCCc1c(F)cccc1F)NC1CCCCC1. The first-order valence-electron chi connectivity index (χ1n) is 7.61. The van der Waals surface area contributed by atoms with Crippen molar-refractivity contribution in [3.63, 3.8) is 0 Å². The van der Waals surface area contributed by atoms with E-state index in [1.54, 1.807) is 7.05 Å². The Morgan fingerprint density at radius 3 is 2.48 bits per heavy atom. The number of nitrogens with zero attached hydrogens (tertiary/aromatic N) is 1. The Morgan fingerprint density at radius 1 is 1.19 bits per heavy atom. The molecule has 0 unspecified atom stereocenters. The topological polar surface area (TPSA) is 36.4 Å². The van der Waals surface area contributed by atoms with Crippen LogP contribution in [0.5, 0.6) is 0 Å². The van der Waals surface area contributed by atoms with Gasteiger partial charge in [-0.25, -0.2) is 8.78 Å². The fraction of sp³-hybridized carbons (Fsp3) is 0.562. The minimum Gasteiger partial charge on any atom is -0.356 e. The van der Waals surface area contributed by atoms with Gasteiger partial charge in [0.25, 0.3) is 0 Å². The Hall–Kier alpha value is -1.65. The first-order chi connectivity index (χ1) is 10.2. The summed E-state index contributed by atoms with van der Waals surface area (Å²) in [6, 6.07) is 4.40. The molecule has 3 nitrogen and oxygen atoms in total. The van der Waals surface area contributed by atoms with Gasteiger partial charge in [-0.3, -0.25) is 4.99 Å². The Balaban J connectivity index is 1.80. The highest BCUT2D eigenvalue weighted by Crippen LogP contribution is 2.17. The van der Waals surface area contributed by atoms with Crippen molar-refractivity contribution in [2.45, 2.75) is 44.6 Å². The van der Waals surface area contributed by atoms with Crippen LogP contribution in [0.15, 0.2) is 23.2 Å². The molecule has 0 bridgehead atoms. The van der Waals surface area contributed by atoms with Crippen LogP contribution >= 0.6 is 0 Å². The lowest BCUT2D eigenvalue weighted by atomic mass is 9.96. The van der Waals surface area contributed by atoms with E-state index in [0.29, 0.717) is 25.0 Å². The van der Waals surface area contributed by atoms with Crippen molar-refractivity contribution in [3.05, 3.63) is 35.4 Å². The third-order valence-corrected chi connectivity index (χ3v) is 3.90. The van der Waals surface area contributed by atoms with Crippen molar-refractivity contribution in [2.24, 2.45) is 4.99 Å². The van der Waals surface area contributed by atoms with Gasteiger partial charge in [0.15, 0.2) is 5.96 Å². The second kappa shape index (κ2) is 7.96. The fourth-order valence-electron chi connectivity index (χ4n) is 2.71. The number of hydrogen-bond donors (Lipinski definition) is 2. The van der Waals surface area contributed by atoms with Gasteiger partial charge in [0, 0.05) is 25.2 Å². The van der Waals surface area contributed by atoms with Gasteiger partial charge < -0.3 is 10.6 Å². The van der Waals surface area contributed by atoms with Gasteiger partial charge in [-0.2, -0.15) is 0 Å². The normalized spacial score (nSPS) is 16.8. The molecule has 0 aliphatic heterocycles. The Bertz CT molecular complexity index is 462. The summed E-state index contributed by atoms with van der Waals surface area (Å²) in [6.45, 7) is 0.449. The third-order valence-electron chi connectivity index (χ3n) is 3.90. The lowest BCUT2D eigenvalue weighted by Gasteiger charge is -2.24. The zero-order chi connectivity index (χ0) is 15.1. The van der Waals surface area contributed by atoms with Crippen molar-refractivity contribution in [3.8, 4) is 0 Å². The summed E-state index contributed by atoms with van der Waals surface area (Å²) in [5.41, 5.74) is 0.123. The van der Waals surface area contributed by atoms with Gasteiger partial charge in [-0.15, -0.1) is 0 Å². The van der Waals surface area contributed by atoms with E-state index in [2.05, 4.69) is 15.6 Å². The van der Waals surface area contributed by atoms with Crippen LogP contribution in [0.4, 0.5) is 8.78 Å². The first kappa shape index (κ1) is 15.7. The average molecular weight is 295 g/mol. The van der Waals surface area contributed by atoms with Crippen molar-refractivity contribution in [1.82, 2.24) is 10.6 Å². The number of aliphatic imine (C=N–C) groups is 1. The molecule has 2 N–H and O–H groups in total. The maximum atomic E-state index is 13.5. The molecule has 1 fully saturated rings. The molecular weight excluding hydrogens is 272 g/mol. The smallest absolute Gasteiger partial charge is 0.191 e. The maximum Gasteiger partial charge on any atom is 0.191 e. The maximum absolute atomic E-state index is 13.5. The zero-order valence-corrected chi connectivity index (χ0v) is 12.5. The second-order valence-electron chi connectivity index (χ2n) is 5.43. The quantitative estimate of drug-likeness (QED) is 0.662. The summed E-state index contributed by atoms with van der Waals surface area (Å²) < 4.78 is 27.0. The molecule has 1 aliphatic carbocycles. The minimum absolute atomic E-state index is 0.123. The molecule has 0 spiro atoms. The molecule has 0 heterocycles. The van der Waals surface area contributed by atoms with E-state index in [4.69, 9.17) is 0 Å². The molecule has 1 aromatic rings. The highest BCUT2D eigenvalue weighted by atomic mass is 19.1. The van der Waals surface area contributed by atoms with E-state index in [-0.39, 0.29) is 5.56 Å². The number of benzene rings is 1. The fourth-order valence-corrected chi connectivity index (χ4v) is 2.71. The largest absolute Gasteiger partial charge is 0.356 e. The molecule has 0 amide bonds. The highest BCUT2D eigenvalue weighted by Gasteiger charge is 2.14. The minimum atomic E-state index is -0.493. The van der Waals surface area contributed by atoms with Crippen LogP contribution in [0, 0.1) is 11.6 Å². The number of hydrogen-bond acceptors (Lipinski definition) is 1. The van der Waals surface area contributed by atoms with Crippen LogP contribution in [0.3, 0.4) is 0 Å². The summed E-state index contributed by atoms with van der Waals surface area (Å²) >= 11 is 0. The molecule has 21 heavy (non-hydrogen) atoms. The summed E-state index contributed by atoms with van der Waals surface area (Å²) in [5, 5.41) is 6.50. The average Bonchev–Trinajstić information content (AvgIpc) is 2.50. The molecule has 2 rings (SSSR count). The van der Waals surface area contributed by atoms with E-state index in [1.807, 2.05) is 0 Å². The lowest BCUT2D eigenvalue weighted by molar-refractivity contribution is 0.410. The summed E-state index contributed by atoms with van der Waals surface area (Å²) in [6.07, 6.45) is 6.40. The van der Waals surface area contributed by atoms with Crippen molar-refractivity contribution >= 4 is 5.96 Å². The van der Waals surface area contributed by atoms with Gasteiger partial charge in [0.2, 0.25) is 0 Å². The van der Waals surface area contributed by atoms with Crippen molar-refractivity contribution in [2.75, 3.05) is 13.6 Å². The molecule has 1 aliphatic rings. The van der Waals surface area contributed by atoms with E-state index < -0.39 is 11.6 Å². The predicted molar refractivity (Wildman–Crippen MR) is 81.4 cm³/mol. The third kappa shape index (κ3) is 4.69. The van der Waals surface area contributed by atoms with E-state index >= 15 is 0 Å². The molecule has 0 radical (unpaired) electrons. The lowest BCUT2D eigenvalue weighted by Crippen LogP contribution is -2.44. The summed E-state index contributed by atoms with van der Waals surface area (Å²) in [5.74, 6) is -0.280. The molecule has 116 valence electrons. The van der Waals surface area contributed by atoms with Crippen molar-refractivity contribution < 1.29 is 8.78 Å². The van der Waals surface area contributed by atoms with E-state index in [1.165, 1.54) is 37.5 Å². The Kier molecular flexibility index (Phi) is 5.96. The van der Waals surface area contributed by atoms with Crippen LogP contribution in [-0.4, -0.2) is 25.6 Å². The van der Waals surface area contributed by atoms with Gasteiger partial charge in [0.05, 0.1) is 0 Å². The van der Waals surface area contributed by atoms with Crippen LogP contribution < -0.4 is 10.6 Å². The van der Waals surface area contributed by atoms with Gasteiger partial charge in [0.1, 0.15) is 11.6 Å². The summed E-state index contributed by atoms with van der Waals surface area (Å²) in [4.78, 5) is 4.17.